The van der Waals surface area contributed by atoms with Gasteiger partial charge in [-0.1, -0.05) is 85.4 Å². The summed E-state index contributed by atoms with van der Waals surface area (Å²) in [4.78, 5) is 0. The van der Waals surface area contributed by atoms with E-state index < -0.39 is 10.0 Å². The zero-order valence-electron chi connectivity index (χ0n) is 20.9. The van der Waals surface area contributed by atoms with Gasteiger partial charge in [-0.15, -0.1) is 0 Å². The predicted molar refractivity (Wildman–Crippen MR) is 142 cm³/mol. The average molecular weight is 495 g/mol. The number of nitrogens with one attached hydrogen (secondary N) is 1. The van der Waals surface area contributed by atoms with Gasteiger partial charge in [-0.25, -0.2) is 13.8 Å². The van der Waals surface area contributed by atoms with Crippen LogP contribution in [0.15, 0.2) is 71.5 Å². The summed E-state index contributed by atoms with van der Waals surface area (Å²) in [6, 6.07) is 20.1. The number of hydrazine groups is 1. The molecule has 1 N–H and O–H groups in total. The molecule has 2 aromatic carbocycles. The van der Waals surface area contributed by atoms with Crippen LogP contribution in [-0.2, 0) is 32.1 Å². The lowest BCUT2D eigenvalue weighted by molar-refractivity contribution is -0.0820. The van der Waals surface area contributed by atoms with Gasteiger partial charge in [0.2, 0.25) is 28.7 Å². The lowest BCUT2D eigenvalue weighted by Crippen LogP contribution is -2.55. The second-order valence-corrected chi connectivity index (χ2v) is 11.1. The van der Waals surface area contributed by atoms with Gasteiger partial charge in [0.1, 0.15) is 12.0 Å². The van der Waals surface area contributed by atoms with Gasteiger partial charge < -0.3 is 9.47 Å². The summed E-state index contributed by atoms with van der Waals surface area (Å²) in [6.45, 7) is 4.39. The van der Waals surface area contributed by atoms with E-state index in [1.807, 2.05) is 74.3 Å². The Morgan fingerprint density at radius 2 is 1.57 bits per heavy atom. The third-order valence-corrected chi connectivity index (χ3v) is 8.88. The van der Waals surface area contributed by atoms with Crippen LogP contribution in [-0.4, -0.2) is 57.7 Å². The maximum absolute atomic E-state index is 14.5. The molecule has 4 rings (SSSR count). The molecule has 0 aromatic heterocycles. The van der Waals surface area contributed by atoms with E-state index in [1.165, 1.54) is 7.11 Å². The number of nitrogens with zero attached hydrogens (tertiary/aromatic N) is 2. The molecule has 2 heterocycles. The Bertz CT molecular complexity index is 1050. The summed E-state index contributed by atoms with van der Waals surface area (Å²) in [5, 5.41) is 1.86. The molecule has 1 fully saturated rings. The number of hydrogen-bond donors (Lipinski definition) is 1. The van der Waals surface area contributed by atoms with Crippen LogP contribution in [0.1, 0.15) is 30.4 Å². The molecule has 10 heteroatoms. The summed E-state index contributed by atoms with van der Waals surface area (Å²) < 4.78 is 42.2. The maximum atomic E-state index is 14.5. The first-order valence-corrected chi connectivity index (χ1v) is 13.9. The Hall–Kier alpha value is -2.26. The van der Waals surface area contributed by atoms with Crippen molar-refractivity contribution in [2.24, 2.45) is 0 Å². The molecule has 0 bridgehead atoms. The first kappa shape index (κ1) is 25.8. The molecule has 186 valence electrons. The van der Waals surface area contributed by atoms with Crippen LogP contribution in [0, 0.1) is 0 Å². The standard InChI is InChI=1S/C25H35B2N3O4S/c1-26(18-21-12-6-4-7-13-21)30(27(2)19-22-14-8-5-9-15-22)35(31,32)25-23(33-3)20-28-29(25)24-16-10-11-17-34-24/h4-9,12-15,24,28H,10-11,16-20H2,1-3H3. The van der Waals surface area contributed by atoms with Crippen molar-refractivity contribution >= 4 is 23.7 Å². The number of benzene rings is 2. The van der Waals surface area contributed by atoms with Crippen molar-refractivity contribution in [1.29, 1.82) is 0 Å². The molecule has 7 nitrogen and oxygen atoms in total. The van der Waals surface area contributed by atoms with Crippen molar-refractivity contribution in [1.82, 2.24) is 14.6 Å². The molecule has 0 saturated carbocycles. The van der Waals surface area contributed by atoms with Crippen molar-refractivity contribution in [3.8, 4) is 0 Å². The van der Waals surface area contributed by atoms with Crippen molar-refractivity contribution in [2.75, 3.05) is 20.3 Å². The zero-order chi connectivity index (χ0) is 24.8. The summed E-state index contributed by atoms with van der Waals surface area (Å²) in [5.74, 6) is 0.419. The molecule has 1 atom stereocenters. The highest BCUT2D eigenvalue weighted by atomic mass is 32.2. The molecule has 0 aliphatic carbocycles. The maximum Gasteiger partial charge on any atom is 0.243 e. The highest BCUT2D eigenvalue weighted by Gasteiger charge is 2.45. The van der Waals surface area contributed by atoms with Crippen molar-refractivity contribution in [2.45, 2.75) is 51.8 Å². The van der Waals surface area contributed by atoms with E-state index in [-0.39, 0.29) is 25.0 Å². The van der Waals surface area contributed by atoms with Gasteiger partial charge in [-0.3, -0.25) is 9.14 Å². The lowest BCUT2D eigenvalue weighted by Gasteiger charge is -2.37. The smallest absolute Gasteiger partial charge is 0.243 e. The monoisotopic (exact) mass is 495 g/mol. The summed E-state index contributed by atoms with van der Waals surface area (Å²) >= 11 is 0. The predicted octanol–water partition coefficient (Wildman–Crippen LogP) is 3.59. The Morgan fingerprint density at radius 3 is 2.06 bits per heavy atom. The van der Waals surface area contributed by atoms with Gasteiger partial charge in [0, 0.05) is 6.61 Å². The fourth-order valence-corrected chi connectivity index (χ4v) is 7.29. The van der Waals surface area contributed by atoms with Gasteiger partial charge >= 0.3 is 0 Å². The van der Waals surface area contributed by atoms with Gasteiger partial charge in [0.05, 0.1) is 13.7 Å². The second-order valence-electron chi connectivity index (χ2n) is 9.37. The van der Waals surface area contributed by atoms with Gasteiger partial charge in [-0.05, 0) is 31.9 Å². The van der Waals surface area contributed by atoms with Crippen LogP contribution in [0.5, 0.6) is 0 Å². The minimum atomic E-state index is -3.93. The lowest BCUT2D eigenvalue weighted by atomic mass is 9.48. The number of methoxy groups -OCH3 is 1. The van der Waals surface area contributed by atoms with Gasteiger partial charge in [0.25, 0.3) is 0 Å². The van der Waals surface area contributed by atoms with Crippen LogP contribution in [0.25, 0.3) is 0 Å². The molecule has 2 aliphatic rings. The fraction of sp³-hybridized carbons (Fsp3) is 0.440. The van der Waals surface area contributed by atoms with E-state index >= 15 is 0 Å². The van der Waals surface area contributed by atoms with Crippen LogP contribution in [0.2, 0.25) is 13.6 Å². The third kappa shape index (κ3) is 5.94. The molecule has 2 aliphatic heterocycles. The minimum Gasteiger partial charge on any atom is -0.497 e. The van der Waals surface area contributed by atoms with Crippen LogP contribution >= 0.6 is 0 Å². The van der Waals surface area contributed by atoms with E-state index in [1.54, 1.807) is 9.14 Å². The highest BCUT2D eigenvalue weighted by molar-refractivity contribution is 7.95. The van der Waals surface area contributed by atoms with Crippen molar-refractivity contribution in [3.63, 3.8) is 0 Å². The van der Waals surface area contributed by atoms with Crippen molar-refractivity contribution in [3.05, 3.63) is 82.6 Å². The Kier molecular flexibility index (Phi) is 8.59. The first-order chi connectivity index (χ1) is 16.9. The molecule has 35 heavy (non-hydrogen) atoms. The molecule has 0 spiro atoms. The summed E-state index contributed by atoms with van der Waals surface area (Å²) in [6.07, 6.45) is 3.64. The second kappa shape index (κ2) is 11.6. The van der Waals surface area contributed by atoms with Crippen molar-refractivity contribution < 1.29 is 17.9 Å². The molecular formula is C25H35B2N3O4S. The van der Waals surface area contributed by atoms with E-state index in [0.717, 1.165) is 30.4 Å². The zero-order valence-corrected chi connectivity index (χ0v) is 21.7. The van der Waals surface area contributed by atoms with Gasteiger partial charge in [0.15, 0.2) is 0 Å². The molecule has 1 saturated heterocycles. The number of hydrogen-bond acceptors (Lipinski definition) is 6. The van der Waals surface area contributed by atoms with Gasteiger partial charge in [-0.2, -0.15) is 0 Å². The van der Waals surface area contributed by atoms with Crippen LogP contribution in [0.3, 0.4) is 0 Å². The van der Waals surface area contributed by atoms with E-state index in [2.05, 4.69) is 5.43 Å². The Morgan fingerprint density at radius 1 is 1.00 bits per heavy atom. The third-order valence-electron chi connectivity index (χ3n) is 6.70. The molecule has 1 unspecified atom stereocenters. The fourth-order valence-electron chi connectivity index (χ4n) is 5.12. The minimum absolute atomic E-state index is 0.173. The van der Waals surface area contributed by atoms with Crippen LogP contribution < -0.4 is 5.43 Å². The molecule has 0 radical (unpaired) electrons. The molecule has 2 aromatic rings. The first-order valence-electron chi connectivity index (χ1n) is 12.4. The van der Waals surface area contributed by atoms with Crippen LogP contribution in [0.4, 0.5) is 0 Å². The molecular weight excluding hydrogens is 460 g/mol. The largest absolute Gasteiger partial charge is 0.497 e. The highest BCUT2D eigenvalue weighted by Crippen LogP contribution is 2.32. The number of sulfonamides is 1. The Labute approximate surface area is 210 Å². The normalized spacial score (nSPS) is 18.7. The topological polar surface area (TPSA) is 71.1 Å². The van der Waals surface area contributed by atoms with E-state index in [0.29, 0.717) is 31.6 Å². The number of rotatable bonds is 10. The summed E-state index contributed by atoms with van der Waals surface area (Å²) in [7, 11) is -2.40. The Balaban J connectivity index is 1.70. The summed E-state index contributed by atoms with van der Waals surface area (Å²) in [5.41, 5.74) is 5.42. The van der Waals surface area contributed by atoms with E-state index in [4.69, 9.17) is 9.47 Å². The SMILES string of the molecule is COC1=C(S(=O)(=O)N(B(C)Cc2ccccc2)B(C)Cc2ccccc2)N(C2CCCCO2)NC1. The average Bonchev–Trinajstić information content (AvgIpc) is 3.31. The van der Waals surface area contributed by atoms with E-state index in [9.17, 15) is 8.42 Å². The number of ether oxygens (including phenoxy) is 2. The molecule has 0 amide bonds. The quantitative estimate of drug-likeness (QED) is 0.509.